The molecule has 0 aromatic carbocycles. The van der Waals surface area contributed by atoms with E-state index in [-0.39, 0.29) is 23.6 Å². The van der Waals surface area contributed by atoms with E-state index in [1.54, 1.807) is 0 Å². The van der Waals surface area contributed by atoms with Gasteiger partial charge in [0.25, 0.3) is 5.91 Å². The standard InChI is InChI=1S/C19H32N4O2/c1-13-17(14(2)23(20-13)19(3,4)5)18(25)22-11-9-21(10-12-22)15-7-6-8-16(15)24/h15-16,24H,6-12H2,1-5H3/t15-,16-/m1/s1. The normalized spacial score (nSPS) is 25.6. The van der Waals surface area contributed by atoms with Gasteiger partial charge >= 0.3 is 0 Å². The van der Waals surface area contributed by atoms with Crippen LogP contribution in [0.1, 0.15) is 61.8 Å². The highest BCUT2D eigenvalue weighted by Gasteiger charge is 2.34. The number of aliphatic hydroxyl groups is 1. The lowest BCUT2D eigenvalue weighted by Crippen LogP contribution is -2.53. The van der Waals surface area contributed by atoms with E-state index < -0.39 is 0 Å². The van der Waals surface area contributed by atoms with Crippen LogP contribution >= 0.6 is 0 Å². The van der Waals surface area contributed by atoms with E-state index in [9.17, 15) is 9.90 Å². The summed E-state index contributed by atoms with van der Waals surface area (Å²) in [5, 5.41) is 14.7. The number of carbonyl (C=O) groups excluding carboxylic acids is 1. The lowest BCUT2D eigenvalue weighted by atomic mass is 10.1. The van der Waals surface area contributed by atoms with E-state index in [1.807, 2.05) is 23.4 Å². The Bertz CT molecular complexity index is 639. The molecule has 6 heteroatoms. The van der Waals surface area contributed by atoms with Crippen LogP contribution in [0.3, 0.4) is 0 Å². The van der Waals surface area contributed by atoms with E-state index in [2.05, 4.69) is 30.8 Å². The molecule has 1 aliphatic carbocycles. The Morgan fingerprint density at radius 3 is 2.24 bits per heavy atom. The Kier molecular flexibility index (Phi) is 4.95. The predicted octanol–water partition coefficient (Wildman–Crippen LogP) is 1.93. The summed E-state index contributed by atoms with van der Waals surface area (Å²) in [4.78, 5) is 17.4. The minimum absolute atomic E-state index is 0.0946. The molecule has 1 aliphatic heterocycles. The maximum atomic E-state index is 13.1. The monoisotopic (exact) mass is 348 g/mol. The fraction of sp³-hybridized carbons (Fsp3) is 0.789. The van der Waals surface area contributed by atoms with Crippen molar-refractivity contribution in [2.24, 2.45) is 0 Å². The molecular formula is C19H32N4O2. The Morgan fingerprint density at radius 2 is 1.76 bits per heavy atom. The molecule has 2 atom stereocenters. The summed E-state index contributed by atoms with van der Waals surface area (Å²) >= 11 is 0. The number of nitrogens with zero attached hydrogens (tertiary/aromatic N) is 4. The largest absolute Gasteiger partial charge is 0.391 e. The first-order valence-corrected chi connectivity index (χ1v) is 9.48. The number of aryl methyl sites for hydroxylation is 1. The van der Waals surface area contributed by atoms with E-state index in [0.717, 1.165) is 62.4 Å². The quantitative estimate of drug-likeness (QED) is 0.887. The first kappa shape index (κ1) is 18.4. The smallest absolute Gasteiger partial charge is 0.257 e. The average molecular weight is 348 g/mol. The summed E-state index contributed by atoms with van der Waals surface area (Å²) in [6.07, 6.45) is 2.90. The van der Waals surface area contributed by atoms with Gasteiger partial charge < -0.3 is 10.0 Å². The van der Waals surface area contributed by atoms with E-state index >= 15 is 0 Å². The molecule has 1 aromatic rings. The number of hydrogen-bond donors (Lipinski definition) is 1. The zero-order chi connectivity index (χ0) is 18.4. The molecule has 0 unspecified atom stereocenters. The maximum Gasteiger partial charge on any atom is 0.257 e. The van der Waals surface area contributed by atoms with E-state index in [1.165, 1.54) is 0 Å². The molecule has 2 aliphatic rings. The van der Waals surface area contributed by atoms with Crippen molar-refractivity contribution in [2.75, 3.05) is 26.2 Å². The second-order valence-electron chi connectivity index (χ2n) is 8.52. The minimum atomic E-state index is -0.197. The molecular weight excluding hydrogens is 316 g/mol. The topological polar surface area (TPSA) is 61.6 Å². The number of aromatic nitrogens is 2. The minimum Gasteiger partial charge on any atom is -0.391 e. The highest BCUT2D eigenvalue weighted by atomic mass is 16.3. The van der Waals surface area contributed by atoms with Crippen LogP contribution in [-0.2, 0) is 5.54 Å². The highest BCUT2D eigenvalue weighted by molar-refractivity contribution is 5.96. The summed E-state index contributed by atoms with van der Waals surface area (Å²) in [6.45, 7) is 13.4. The molecule has 0 bridgehead atoms. The molecule has 1 saturated carbocycles. The third kappa shape index (κ3) is 3.47. The van der Waals surface area contributed by atoms with Crippen molar-refractivity contribution in [3.05, 3.63) is 17.0 Å². The SMILES string of the molecule is Cc1nn(C(C)(C)C)c(C)c1C(=O)N1CCN([C@@H]2CCC[C@H]2O)CC1. The van der Waals surface area contributed by atoms with Gasteiger partial charge in [0.2, 0.25) is 0 Å². The van der Waals surface area contributed by atoms with Gasteiger partial charge in [0.1, 0.15) is 0 Å². The molecule has 0 spiro atoms. The zero-order valence-electron chi connectivity index (χ0n) is 16.2. The third-order valence-electron chi connectivity index (χ3n) is 5.66. The second kappa shape index (κ2) is 6.72. The molecule has 3 rings (SSSR count). The molecule has 140 valence electrons. The maximum absolute atomic E-state index is 13.1. The number of carbonyl (C=O) groups is 1. The summed E-state index contributed by atoms with van der Waals surface area (Å²) < 4.78 is 1.96. The van der Waals surface area contributed by atoms with E-state index in [0.29, 0.717) is 0 Å². The number of aliphatic hydroxyl groups excluding tert-OH is 1. The van der Waals surface area contributed by atoms with Gasteiger partial charge in [-0.2, -0.15) is 5.10 Å². The van der Waals surface area contributed by atoms with Crippen molar-refractivity contribution in [3.8, 4) is 0 Å². The summed E-state index contributed by atoms with van der Waals surface area (Å²) in [5.41, 5.74) is 2.38. The molecule has 2 heterocycles. The van der Waals surface area contributed by atoms with Crippen molar-refractivity contribution in [2.45, 2.75) is 71.6 Å². The lowest BCUT2D eigenvalue weighted by Gasteiger charge is -2.39. The average Bonchev–Trinajstić information content (AvgIpc) is 3.10. The Balaban J connectivity index is 1.70. The van der Waals surface area contributed by atoms with Gasteiger partial charge in [-0.25, -0.2) is 0 Å². The van der Waals surface area contributed by atoms with Crippen LogP contribution in [0.4, 0.5) is 0 Å². The summed E-state index contributed by atoms with van der Waals surface area (Å²) in [6, 6.07) is 0.282. The van der Waals surface area contributed by atoms with Crippen molar-refractivity contribution < 1.29 is 9.90 Å². The number of hydrogen-bond acceptors (Lipinski definition) is 4. The molecule has 0 radical (unpaired) electrons. The second-order valence-corrected chi connectivity index (χ2v) is 8.52. The van der Waals surface area contributed by atoms with Crippen molar-refractivity contribution >= 4 is 5.91 Å². The van der Waals surface area contributed by atoms with Crippen LogP contribution < -0.4 is 0 Å². The highest BCUT2D eigenvalue weighted by Crippen LogP contribution is 2.26. The van der Waals surface area contributed by atoms with Crippen LogP contribution in [-0.4, -0.2) is 68.9 Å². The van der Waals surface area contributed by atoms with Gasteiger partial charge in [-0.1, -0.05) is 0 Å². The number of rotatable bonds is 2. The molecule has 1 N–H and O–H groups in total. The van der Waals surface area contributed by atoms with E-state index in [4.69, 9.17) is 0 Å². The molecule has 1 amide bonds. The Hall–Kier alpha value is -1.40. The molecule has 1 aromatic heterocycles. The first-order chi connectivity index (χ1) is 11.7. The molecule has 2 fully saturated rings. The van der Waals surface area contributed by atoms with Crippen LogP contribution in [0.2, 0.25) is 0 Å². The van der Waals surface area contributed by atoms with Crippen LogP contribution in [0.5, 0.6) is 0 Å². The predicted molar refractivity (Wildman–Crippen MR) is 97.8 cm³/mol. The van der Waals surface area contributed by atoms with Crippen LogP contribution in [0, 0.1) is 13.8 Å². The number of amides is 1. The lowest BCUT2D eigenvalue weighted by molar-refractivity contribution is 0.0315. The van der Waals surface area contributed by atoms with Gasteiger partial charge in [0.15, 0.2) is 0 Å². The fourth-order valence-corrected chi connectivity index (χ4v) is 4.37. The van der Waals surface area contributed by atoms with Crippen LogP contribution in [0.15, 0.2) is 0 Å². The summed E-state index contributed by atoms with van der Waals surface area (Å²) in [5.74, 6) is 0.0946. The fourth-order valence-electron chi connectivity index (χ4n) is 4.37. The number of piperazine rings is 1. The molecule has 1 saturated heterocycles. The van der Waals surface area contributed by atoms with Crippen molar-refractivity contribution in [1.82, 2.24) is 19.6 Å². The van der Waals surface area contributed by atoms with Gasteiger partial charge in [-0.05, 0) is 53.9 Å². The van der Waals surface area contributed by atoms with Gasteiger partial charge in [0, 0.05) is 37.9 Å². The van der Waals surface area contributed by atoms with Gasteiger partial charge in [-0.15, -0.1) is 0 Å². The first-order valence-electron chi connectivity index (χ1n) is 9.48. The van der Waals surface area contributed by atoms with Crippen molar-refractivity contribution in [1.29, 1.82) is 0 Å². The van der Waals surface area contributed by atoms with Crippen LogP contribution in [0.25, 0.3) is 0 Å². The Morgan fingerprint density at radius 1 is 1.12 bits per heavy atom. The molecule has 6 nitrogen and oxygen atoms in total. The third-order valence-corrected chi connectivity index (χ3v) is 5.66. The van der Waals surface area contributed by atoms with Crippen molar-refractivity contribution in [3.63, 3.8) is 0 Å². The van der Waals surface area contributed by atoms with Gasteiger partial charge in [0.05, 0.1) is 22.9 Å². The molecule has 25 heavy (non-hydrogen) atoms. The Labute approximate surface area is 150 Å². The zero-order valence-corrected chi connectivity index (χ0v) is 16.2. The van der Waals surface area contributed by atoms with Gasteiger partial charge in [-0.3, -0.25) is 14.4 Å². The summed E-state index contributed by atoms with van der Waals surface area (Å²) in [7, 11) is 0.